The first kappa shape index (κ1) is 19.9. The summed E-state index contributed by atoms with van der Waals surface area (Å²) in [6.07, 6.45) is 0. The summed E-state index contributed by atoms with van der Waals surface area (Å²) < 4.78 is 24.0. The van der Waals surface area contributed by atoms with Gasteiger partial charge in [-0.3, -0.25) is 5.41 Å². The highest BCUT2D eigenvalue weighted by Gasteiger charge is 2.30. The van der Waals surface area contributed by atoms with Crippen molar-refractivity contribution in [1.29, 1.82) is 5.41 Å². The molecule has 0 spiro atoms. The molecule has 2 N–H and O–H groups in total. The average Bonchev–Trinajstić information content (AvgIpc) is 3.33. The molecule has 0 atom stereocenters. The van der Waals surface area contributed by atoms with E-state index in [1.165, 1.54) is 23.5 Å². The number of hydrogen-bond donors (Lipinski definition) is 2. The fourth-order valence-electron chi connectivity index (χ4n) is 3.14. The molecule has 8 heteroatoms. The number of hydrogen-bond acceptors (Lipinski definition) is 6. The minimum atomic E-state index is -0.306. The van der Waals surface area contributed by atoms with E-state index in [1.807, 2.05) is 29.6 Å². The molecule has 4 rings (SSSR count). The van der Waals surface area contributed by atoms with Gasteiger partial charge in [-0.25, -0.2) is 9.37 Å². The van der Waals surface area contributed by atoms with E-state index in [0.717, 1.165) is 11.3 Å². The predicted octanol–water partition coefficient (Wildman–Crippen LogP) is 4.60. The summed E-state index contributed by atoms with van der Waals surface area (Å²) in [5.41, 5.74) is 1.90. The van der Waals surface area contributed by atoms with Crippen molar-refractivity contribution in [2.24, 2.45) is 0 Å². The molecule has 6 nitrogen and oxygen atoms in total. The lowest BCUT2D eigenvalue weighted by atomic mass is 10.2. The summed E-state index contributed by atoms with van der Waals surface area (Å²) in [5.74, 6) is 1.49. The van der Waals surface area contributed by atoms with Gasteiger partial charge in [-0.05, 0) is 48.5 Å². The maximum Gasteiger partial charge on any atom is 0.135 e. The van der Waals surface area contributed by atoms with E-state index in [9.17, 15) is 9.50 Å². The second kappa shape index (κ2) is 8.54. The van der Waals surface area contributed by atoms with E-state index in [0.29, 0.717) is 35.2 Å². The Morgan fingerprint density at radius 1 is 1.13 bits per heavy atom. The van der Waals surface area contributed by atoms with Crippen LogP contribution in [0.25, 0.3) is 16.8 Å². The number of aliphatic hydroxyl groups excluding tert-OH is 1. The Kier molecular flexibility index (Phi) is 5.67. The molecule has 0 aliphatic carbocycles. The van der Waals surface area contributed by atoms with Crippen molar-refractivity contribution in [2.45, 2.75) is 0 Å². The topological polar surface area (TPSA) is 78.7 Å². The van der Waals surface area contributed by atoms with Gasteiger partial charge in [-0.15, -0.1) is 11.3 Å². The number of amidine groups is 1. The SMILES string of the molecule is COc1ccc(OCCN2CC(O)=C(c3nc(-c4ccc(F)cc4)cs3)C2=N)cc1. The Hall–Kier alpha value is -3.39. The Bertz CT molecular complexity index is 1080. The summed E-state index contributed by atoms with van der Waals surface area (Å²) in [6, 6.07) is 13.4. The Balaban J connectivity index is 1.39. The summed E-state index contributed by atoms with van der Waals surface area (Å²) in [4.78, 5) is 6.28. The lowest BCUT2D eigenvalue weighted by molar-refractivity contribution is 0.265. The highest BCUT2D eigenvalue weighted by molar-refractivity contribution is 7.11. The molecule has 30 heavy (non-hydrogen) atoms. The van der Waals surface area contributed by atoms with E-state index in [4.69, 9.17) is 14.9 Å². The third kappa shape index (κ3) is 4.13. The first-order chi connectivity index (χ1) is 14.5. The van der Waals surface area contributed by atoms with Crippen LogP contribution in [-0.2, 0) is 0 Å². The summed E-state index contributed by atoms with van der Waals surface area (Å²) >= 11 is 1.35. The predicted molar refractivity (Wildman–Crippen MR) is 115 cm³/mol. The number of thiazole rings is 1. The highest BCUT2D eigenvalue weighted by Crippen LogP contribution is 2.32. The summed E-state index contributed by atoms with van der Waals surface area (Å²) in [5, 5.41) is 21.3. The van der Waals surface area contributed by atoms with Gasteiger partial charge in [0.25, 0.3) is 0 Å². The minimum absolute atomic E-state index is 0.115. The fraction of sp³-hybridized carbons (Fsp3) is 0.182. The molecule has 2 heterocycles. The van der Waals surface area contributed by atoms with Crippen LogP contribution in [0.4, 0.5) is 4.39 Å². The molecule has 1 aliphatic heterocycles. The second-order valence-corrected chi connectivity index (χ2v) is 7.52. The number of methoxy groups -OCH3 is 1. The monoisotopic (exact) mass is 425 g/mol. The van der Waals surface area contributed by atoms with Crippen LogP contribution in [0.2, 0.25) is 0 Å². The van der Waals surface area contributed by atoms with E-state index in [-0.39, 0.29) is 24.0 Å². The molecular formula is C22H20FN3O3S. The smallest absolute Gasteiger partial charge is 0.135 e. The number of ether oxygens (including phenoxy) is 2. The van der Waals surface area contributed by atoms with Crippen LogP contribution >= 0.6 is 11.3 Å². The number of aromatic nitrogens is 1. The van der Waals surface area contributed by atoms with E-state index < -0.39 is 0 Å². The summed E-state index contributed by atoms with van der Waals surface area (Å²) in [7, 11) is 1.61. The molecule has 0 radical (unpaired) electrons. The van der Waals surface area contributed by atoms with Crippen LogP contribution in [0, 0.1) is 11.2 Å². The number of rotatable bonds is 7. The van der Waals surface area contributed by atoms with Crippen molar-refractivity contribution in [3.05, 3.63) is 70.5 Å². The van der Waals surface area contributed by atoms with Crippen LogP contribution in [0.1, 0.15) is 5.01 Å². The second-order valence-electron chi connectivity index (χ2n) is 6.66. The molecule has 0 saturated carbocycles. The van der Waals surface area contributed by atoms with Crippen LogP contribution in [0.5, 0.6) is 11.5 Å². The van der Waals surface area contributed by atoms with Crippen LogP contribution < -0.4 is 9.47 Å². The Morgan fingerprint density at radius 3 is 2.53 bits per heavy atom. The van der Waals surface area contributed by atoms with Crippen LogP contribution in [0.15, 0.2) is 59.7 Å². The Labute approximate surface area is 177 Å². The molecule has 1 aliphatic rings. The molecule has 2 aromatic carbocycles. The standard InChI is InChI=1S/C22H20FN3O3S/c1-28-16-6-8-17(9-7-16)29-11-10-26-12-19(27)20(21(26)24)22-25-18(13-30-22)14-2-4-15(23)5-3-14/h2-9,13,24,27H,10-12H2,1H3. The van der Waals surface area contributed by atoms with Gasteiger partial charge in [0.2, 0.25) is 0 Å². The number of nitrogens with zero attached hydrogens (tertiary/aromatic N) is 2. The first-order valence-corrected chi connectivity index (χ1v) is 10.2. The number of benzene rings is 2. The van der Waals surface area contributed by atoms with Crippen LogP contribution in [-0.4, -0.2) is 47.6 Å². The van der Waals surface area contributed by atoms with Gasteiger partial charge in [0.15, 0.2) is 0 Å². The largest absolute Gasteiger partial charge is 0.510 e. The molecule has 154 valence electrons. The highest BCUT2D eigenvalue weighted by atomic mass is 32.1. The van der Waals surface area contributed by atoms with Gasteiger partial charge in [-0.1, -0.05) is 0 Å². The number of aliphatic hydroxyl groups is 1. The molecule has 3 aromatic rings. The fourth-order valence-corrected chi connectivity index (χ4v) is 4.03. The van der Waals surface area contributed by atoms with Gasteiger partial charge in [0.1, 0.15) is 40.5 Å². The quantitative estimate of drug-likeness (QED) is 0.579. The number of halogens is 1. The van der Waals surface area contributed by atoms with E-state index in [1.54, 1.807) is 24.1 Å². The zero-order valence-corrected chi connectivity index (χ0v) is 17.1. The van der Waals surface area contributed by atoms with Gasteiger partial charge < -0.3 is 19.5 Å². The molecule has 0 unspecified atom stereocenters. The van der Waals surface area contributed by atoms with Crippen molar-refractivity contribution in [2.75, 3.05) is 26.8 Å². The zero-order valence-electron chi connectivity index (χ0n) is 16.3. The van der Waals surface area contributed by atoms with Gasteiger partial charge in [0, 0.05) is 10.9 Å². The molecule has 0 fully saturated rings. The molecule has 0 amide bonds. The third-order valence-corrected chi connectivity index (χ3v) is 5.59. The molecule has 0 bridgehead atoms. The normalized spacial score (nSPS) is 13.8. The zero-order chi connectivity index (χ0) is 21.1. The minimum Gasteiger partial charge on any atom is -0.510 e. The average molecular weight is 425 g/mol. The van der Waals surface area contributed by atoms with Gasteiger partial charge in [-0.2, -0.15) is 0 Å². The Morgan fingerprint density at radius 2 is 1.83 bits per heavy atom. The lowest BCUT2D eigenvalue weighted by Crippen LogP contribution is -2.31. The van der Waals surface area contributed by atoms with Crippen molar-refractivity contribution in [3.63, 3.8) is 0 Å². The molecule has 0 saturated heterocycles. The van der Waals surface area contributed by atoms with Crippen molar-refractivity contribution < 1.29 is 19.0 Å². The molecule has 1 aromatic heterocycles. The van der Waals surface area contributed by atoms with Gasteiger partial charge in [0.05, 0.1) is 31.5 Å². The van der Waals surface area contributed by atoms with Crippen LogP contribution in [0.3, 0.4) is 0 Å². The summed E-state index contributed by atoms with van der Waals surface area (Å²) in [6.45, 7) is 1.06. The van der Waals surface area contributed by atoms with E-state index in [2.05, 4.69) is 4.98 Å². The van der Waals surface area contributed by atoms with Gasteiger partial charge >= 0.3 is 0 Å². The van der Waals surface area contributed by atoms with Crippen molar-refractivity contribution >= 4 is 22.7 Å². The molecular weight excluding hydrogens is 405 g/mol. The van der Waals surface area contributed by atoms with Crippen molar-refractivity contribution in [1.82, 2.24) is 9.88 Å². The van der Waals surface area contributed by atoms with Crippen molar-refractivity contribution in [3.8, 4) is 22.8 Å². The lowest BCUT2D eigenvalue weighted by Gasteiger charge is -2.18. The maximum absolute atomic E-state index is 13.1. The van der Waals surface area contributed by atoms with E-state index >= 15 is 0 Å². The first-order valence-electron chi connectivity index (χ1n) is 9.30. The third-order valence-electron chi connectivity index (χ3n) is 4.73. The number of nitrogens with one attached hydrogen (secondary N) is 1. The maximum atomic E-state index is 13.1.